The Morgan fingerprint density at radius 3 is 2.60 bits per heavy atom. The minimum atomic E-state index is -0.581. The lowest BCUT2D eigenvalue weighted by Crippen LogP contribution is -2.50. The van der Waals surface area contributed by atoms with Crippen LogP contribution in [0.5, 0.6) is 5.75 Å². The first kappa shape index (κ1) is 16.2. The second-order valence-corrected chi connectivity index (χ2v) is 4.70. The Bertz CT molecular complexity index is 445. The van der Waals surface area contributed by atoms with Crippen LogP contribution < -0.4 is 10.1 Å². The first-order valence-corrected chi connectivity index (χ1v) is 6.88. The van der Waals surface area contributed by atoms with Crippen molar-refractivity contribution >= 4 is 5.91 Å². The Labute approximate surface area is 120 Å². The Balaban J connectivity index is 2.94. The molecule has 0 bridgehead atoms. The summed E-state index contributed by atoms with van der Waals surface area (Å²) < 4.78 is 5.48. The lowest BCUT2D eigenvalue weighted by Gasteiger charge is -2.31. The molecule has 0 aliphatic rings. The van der Waals surface area contributed by atoms with Gasteiger partial charge in [-0.1, -0.05) is 38.6 Å². The van der Waals surface area contributed by atoms with Crippen molar-refractivity contribution in [2.24, 2.45) is 0 Å². The molecule has 0 saturated heterocycles. The predicted octanol–water partition coefficient (Wildman–Crippen LogP) is 2.53. The van der Waals surface area contributed by atoms with Crippen molar-refractivity contribution in [3.8, 4) is 5.75 Å². The minimum Gasteiger partial charge on any atom is -0.489 e. The van der Waals surface area contributed by atoms with E-state index in [1.807, 2.05) is 19.9 Å². The molecular formula is C16H23NO3. The van der Waals surface area contributed by atoms with Crippen LogP contribution >= 0.6 is 0 Å². The lowest BCUT2D eigenvalue weighted by molar-refractivity contribution is 0.0814. The number of rotatable bonds is 8. The van der Waals surface area contributed by atoms with Gasteiger partial charge < -0.3 is 15.2 Å². The zero-order valence-electron chi connectivity index (χ0n) is 12.2. The van der Waals surface area contributed by atoms with Crippen LogP contribution in [-0.4, -0.2) is 29.8 Å². The number of amides is 1. The van der Waals surface area contributed by atoms with E-state index in [0.29, 0.717) is 30.8 Å². The number of aliphatic hydroxyl groups excluding tert-OH is 1. The van der Waals surface area contributed by atoms with E-state index in [2.05, 4.69) is 11.9 Å². The summed E-state index contributed by atoms with van der Waals surface area (Å²) in [5.41, 5.74) is -0.114. The van der Waals surface area contributed by atoms with Crippen molar-refractivity contribution in [3.63, 3.8) is 0 Å². The molecule has 0 saturated carbocycles. The molecule has 20 heavy (non-hydrogen) atoms. The molecule has 4 heteroatoms. The standard InChI is InChI=1S/C16H23NO3/c1-4-11-20-14-10-8-7-9-13(14)15(19)17-16(5-2,6-3)12-18/h4,7-10,18H,1,5-6,11-12H2,2-3H3,(H,17,19). The summed E-state index contributed by atoms with van der Waals surface area (Å²) >= 11 is 0. The quantitative estimate of drug-likeness (QED) is 0.718. The summed E-state index contributed by atoms with van der Waals surface area (Å²) in [7, 11) is 0. The summed E-state index contributed by atoms with van der Waals surface area (Å²) in [5, 5.41) is 12.4. The van der Waals surface area contributed by atoms with Crippen LogP contribution in [0.4, 0.5) is 0 Å². The number of ether oxygens (including phenoxy) is 1. The van der Waals surface area contributed by atoms with Crippen molar-refractivity contribution in [3.05, 3.63) is 42.5 Å². The molecule has 110 valence electrons. The molecule has 4 nitrogen and oxygen atoms in total. The Hall–Kier alpha value is -1.81. The van der Waals surface area contributed by atoms with Crippen LogP contribution in [0.15, 0.2) is 36.9 Å². The number of benzene rings is 1. The molecule has 0 heterocycles. The fourth-order valence-electron chi connectivity index (χ4n) is 1.93. The number of nitrogens with one attached hydrogen (secondary N) is 1. The van der Waals surface area contributed by atoms with Gasteiger partial charge in [-0.2, -0.15) is 0 Å². The number of carbonyl (C=O) groups excluding carboxylic acids is 1. The smallest absolute Gasteiger partial charge is 0.255 e. The largest absolute Gasteiger partial charge is 0.489 e. The molecule has 1 rings (SSSR count). The third-order valence-electron chi connectivity index (χ3n) is 3.52. The van der Waals surface area contributed by atoms with E-state index in [9.17, 15) is 9.90 Å². The van der Waals surface area contributed by atoms with E-state index in [-0.39, 0.29) is 12.5 Å². The molecule has 0 aliphatic carbocycles. The Morgan fingerprint density at radius 1 is 1.40 bits per heavy atom. The van der Waals surface area contributed by atoms with Crippen molar-refractivity contribution in [2.75, 3.05) is 13.2 Å². The fourth-order valence-corrected chi connectivity index (χ4v) is 1.93. The molecule has 1 aromatic rings. The molecule has 1 aromatic carbocycles. The number of carbonyl (C=O) groups is 1. The van der Waals surface area contributed by atoms with Crippen LogP contribution in [0.3, 0.4) is 0 Å². The highest BCUT2D eigenvalue weighted by Crippen LogP contribution is 2.21. The topological polar surface area (TPSA) is 58.6 Å². The van der Waals surface area contributed by atoms with Gasteiger partial charge in [0.2, 0.25) is 0 Å². The average Bonchev–Trinajstić information content (AvgIpc) is 2.51. The second-order valence-electron chi connectivity index (χ2n) is 4.70. The van der Waals surface area contributed by atoms with Gasteiger partial charge in [-0.15, -0.1) is 0 Å². The SMILES string of the molecule is C=CCOc1ccccc1C(=O)NC(CC)(CC)CO. The molecule has 0 aromatic heterocycles. The van der Waals surface area contributed by atoms with E-state index in [4.69, 9.17) is 4.74 Å². The van der Waals surface area contributed by atoms with Crippen LogP contribution in [-0.2, 0) is 0 Å². The van der Waals surface area contributed by atoms with Crippen LogP contribution in [0, 0.1) is 0 Å². The molecule has 1 amide bonds. The zero-order valence-corrected chi connectivity index (χ0v) is 12.2. The maximum atomic E-state index is 12.4. The minimum absolute atomic E-state index is 0.0819. The molecule has 0 aliphatic heterocycles. The molecule has 0 atom stereocenters. The fraction of sp³-hybridized carbons (Fsp3) is 0.438. The molecule has 0 spiro atoms. The highest BCUT2D eigenvalue weighted by molar-refractivity contribution is 5.97. The van der Waals surface area contributed by atoms with Gasteiger partial charge in [0.25, 0.3) is 5.91 Å². The van der Waals surface area contributed by atoms with Crippen molar-refractivity contribution in [1.82, 2.24) is 5.32 Å². The molecule has 0 unspecified atom stereocenters. The van der Waals surface area contributed by atoms with Gasteiger partial charge >= 0.3 is 0 Å². The maximum absolute atomic E-state index is 12.4. The normalized spacial score (nSPS) is 10.9. The van der Waals surface area contributed by atoms with E-state index >= 15 is 0 Å². The second kappa shape index (κ2) is 7.70. The van der Waals surface area contributed by atoms with Crippen molar-refractivity contribution in [1.29, 1.82) is 0 Å². The Morgan fingerprint density at radius 2 is 2.05 bits per heavy atom. The summed E-state index contributed by atoms with van der Waals surface area (Å²) in [6.07, 6.45) is 2.97. The first-order valence-electron chi connectivity index (χ1n) is 6.88. The number of aliphatic hydroxyl groups is 1. The van der Waals surface area contributed by atoms with Crippen LogP contribution in [0.25, 0.3) is 0 Å². The highest BCUT2D eigenvalue weighted by atomic mass is 16.5. The number of hydrogen-bond acceptors (Lipinski definition) is 3. The maximum Gasteiger partial charge on any atom is 0.255 e. The molecule has 0 fully saturated rings. The average molecular weight is 277 g/mol. The zero-order chi connectivity index (χ0) is 15.0. The molecule has 2 N–H and O–H groups in total. The third-order valence-corrected chi connectivity index (χ3v) is 3.52. The van der Waals surface area contributed by atoms with Gasteiger partial charge in [-0.25, -0.2) is 0 Å². The summed E-state index contributed by atoms with van der Waals surface area (Å²) in [6.45, 7) is 7.74. The molecule has 0 radical (unpaired) electrons. The monoisotopic (exact) mass is 277 g/mol. The predicted molar refractivity (Wildman–Crippen MR) is 80.0 cm³/mol. The van der Waals surface area contributed by atoms with E-state index in [0.717, 1.165) is 0 Å². The van der Waals surface area contributed by atoms with Gasteiger partial charge in [-0.3, -0.25) is 4.79 Å². The lowest BCUT2D eigenvalue weighted by atomic mass is 9.93. The third kappa shape index (κ3) is 3.84. The van der Waals surface area contributed by atoms with Gasteiger partial charge in [0, 0.05) is 0 Å². The van der Waals surface area contributed by atoms with Gasteiger partial charge in [0.15, 0.2) is 0 Å². The summed E-state index contributed by atoms with van der Waals surface area (Å²) in [5.74, 6) is 0.284. The molecular weight excluding hydrogens is 254 g/mol. The van der Waals surface area contributed by atoms with E-state index in [1.165, 1.54) is 0 Å². The first-order chi connectivity index (χ1) is 9.62. The van der Waals surface area contributed by atoms with Crippen LogP contribution in [0.1, 0.15) is 37.0 Å². The van der Waals surface area contributed by atoms with Crippen molar-refractivity contribution in [2.45, 2.75) is 32.2 Å². The van der Waals surface area contributed by atoms with Gasteiger partial charge in [-0.05, 0) is 25.0 Å². The van der Waals surface area contributed by atoms with Crippen LogP contribution in [0.2, 0.25) is 0 Å². The van der Waals surface area contributed by atoms with Gasteiger partial charge in [0.05, 0.1) is 17.7 Å². The summed E-state index contributed by atoms with van der Waals surface area (Å²) in [6, 6.07) is 7.06. The van der Waals surface area contributed by atoms with Crippen molar-refractivity contribution < 1.29 is 14.6 Å². The van der Waals surface area contributed by atoms with E-state index < -0.39 is 5.54 Å². The van der Waals surface area contributed by atoms with Gasteiger partial charge in [0.1, 0.15) is 12.4 Å². The summed E-state index contributed by atoms with van der Waals surface area (Å²) in [4.78, 5) is 12.4. The number of hydrogen-bond donors (Lipinski definition) is 2. The van der Waals surface area contributed by atoms with E-state index in [1.54, 1.807) is 24.3 Å². The Kier molecular flexibility index (Phi) is 6.25. The number of para-hydroxylation sites is 1. The highest BCUT2D eigenvalue weighted by Gasteiger charge is 2.28.